The molecule has 2 aromatic carbocycles. The van der Waals surface area contributed by atoms with Gasteiger partial charge in [0.05, 0.1) is 30.0 Å². The van der Waals surface area contributed by atoms with Crippen LogP contribution in [0.3, 0.4) is 0 Å². The van der Waals surface area contributed by atoms with Crippen molar-refractivity contribution in [3.63, 3.8) is 0 Å². The van der Waals surface area contributed by atoms with Crippen molar-refractivity contribution in [2.45, 2.75) is 13.5 Å². The van der Waals surface area contributed by atoms with Gasteiger partial charge in [-0.2, -0.15) is 0 Å². The van der Waals surface area contributed by atoms with Gasteiger partial charge >= 0.3 is 0 Å². The average molecular weight is 350 g/mol. The smallest absolute Gasteiger partial charge is 0.195 e. The molecule has 0 saturated heterocycles. The molecule has 4 rings (SSSR count). The number of benzene rings is 2. The van der Waals surface area contributed by atoms with Crippen LogP contribution in [0.1, 0.15) is 11.3 Å². The molecule has 25 heavy (non-hydrogen) atoms. The molecule has 0 aliphatic rings. The summed E-state index contributed by atoms with van der Waals surface area (Å²) < 4.78 is 7.32. The fourth-order valence-corrected chi connectivity index (χ4v) is 4.04. The topological polar surface area (TPSA) is 46.8 Å². The highest BCUT2D eigenvalue weighted by Gasteiger charge is 2.17. The van der Waals surface area contributed by atoms with E-state index in [-0.39, 0.29) is 6.61 Å². The van der Waals surface area contributed by atoms with Crippen molar-refractivity contribution < 1.29 is 9.84 Å². The van der Waals surface area contributed by atoms with Crippen LogP contribution in [-0.4, -0.2) is 21.6 Å². The monoisotopic (exact) mass is 350 g/mol. The number of aliphatic hydroxyl groups excluding tert-OH is 1. The highest BCUT2D eigenvalue weighted by Crippen LogP contribution is 2.34. The number of hydrogen-bond acceptors (Lipinski definition) is 4. The third-order valence-electron chi connectivity index (χ3n) is 4.30. The predicted molar refractivity (Wildman–Crippen MR) is 101 cm³/mol. The molecule has 0 aliphatic carbocycles. The van der Waals surface area contributed by atoms with Crippen molar-refractivity contribution in [3.05, 3.63) is 66.0 Å². The van der Waals surface area contributed by atoms with E-state index in [9.17, 15) is 5.11 Å². The van der Waals surface area contributed by atoms with Gasteiger partial charge in [0.2, 0.25) is 0 Å². The van der Waals surface area contributed by atoms with E-state index < -0.39 is 0 Å². The Labute approximate surface area is 150 Å². The maximum Gasteiger partial charge on any atom is 0.195 e. The van der Waals surface area contributed by atoms with Crippen LogP contribution in [0.15, 0.2) is 54.7 Å². The van der Waals surface area contributed by atoms with Crippen LogP contribution in [0, 0.1) is 6.92 Å². The van der Waals surface area contributed by atoms with Gasteiger partial charge in [-0.3, -0.25) is 4.40 Å². The Morgan fingerprint density at radius 2 is 1.92 bits per heavy atom. The SMILES string of the molecule is COc1ccc(-c2nc3sc(-c4ccccc4)cn3c2CO)cc1C. The van der Waals surface area contributed by atoms with Crippen LogP contribution < -0.4 is 4.74 Å². The molecule has 2 aromatic heterocycles. The third kappa shape index (κ3) is 2.71. The molecule has 4 aromatic rings. The Kier molecular flexibility index (Phi) is 4.03. The van der Waals surface area contributed by atoms with E-state index in [1.165, 1.54) is 0 Å². The van der Waals surface area contributed by atoms with Crippen LogP contribution in [-0.2, 0) is 6.61 Å². The van der Waals surface area contributed by atoms with E-state index in [2.05, 4.69) is 12.1 Å². The zero-order chi connectivity index (χ0) is 17.4. The molecule has 126 valence electrons. The number of imidazole rings is 1. The first-order chi connectivity index (χ1) is 12.2. The Morgan fingerprint density at radius 1 is 1.12 bits per heavy atom. The summed E-state index contributed by atoms with van der Waals surface area (Å²) in [5.41, 5.74) is 4.81. The van der Waals surface area contributed by atoms with Gasteiger partial charge < -0.3 is 9.84 Å². The number of ether oxygens (including phenoxy) is 1. The van der Waals surface area contributed by atoms with E-state index in [1.807, 2.05) is 53.9 Å². The molecule has 0 amide bonds. The van der Waals surface area contributed by atoms with Gasteiger partial charge in [-0.25, -0.2) is 4.98 Å². The van der Waals surface area contributed by atoms with Gasteiger partial charge in [0, 0.05) is 11.8 Å². The molecule has 1 N–H and O–H groups in total. The second kappa shape index (κ2) is 6.35. The highest BCUT2D eigenvalue weighted by atomic mass is 32.1. The number of methoxy groups -OCH3 is 1. The lowest BCUT2D eigenvalue weighted by molar-refractivity contribution is 0.276. The number of aromatic nitrogens is 2. The predicted octanol–water partition coefficient (Wildman–Crippen LogP) is 4.54. The number of hydrogen-bond donors (Lipinski definition) is 1. The van der Waals surface area contributed by atoms with Crippen molar-refractivity contribution in [1.82, 2.24) is 9.38 Å². The minimum absolute atomic E-state index is 0.0630. The maximum absolute atomic E-state index is 9.94. The number of nitrogens with zero attached hydrogens (tertiary/aromatic N) is 2. The summed E-state index contributed by atoms with van der Waals surface area (Å²) in [6.07, 6.45) is 2.05. The summed E-state index contributed by atoms with van der Waals surface area (Å²) >= 11 is 1.62. The largest absolute Gasteiger partial charge is 0.496 e. The first-order valence-corrected chi connectivity index (χ1v) is 8.85. The van der Waals surface area contributed by atoms with Gasteiger partial charge in [0.1, 0.15) is 5.75 Å². The lowest BCUT2D eigenvalue weighted by atomic mass is 10.1. The highest BCUT2D eigenvalue weighted by molar-refractivity contribution is 7.20. The molecule has 5 heteroatoms. The third-order valence-corrected chi connectivity index (χ3v) is 5.33. The van der Waals surface area contributed by atoms with Gasteiger partial charge in [0.25, 0.3) is 0 Å². The van der Waals surface area contributed by atoms with Crippen LogP contribution in [0.25, 0.3) is 26.7 Å². The second-order valence-corrected chi connectivity index (χ2v) is 6.87. The van der Waals surface area contributed by atoms with E-state index >= 15 is 0 Å². The average Bonchev–Trinajstić information content (AvgIpc) is 3.20. The lowest BCUT2D eigenvalue weighted by Gasteiger charge is -2.07. The van der Waals surface area contributed by atoms with Gasteiger partial charge in [-0.15, -0.1) is 0 Å². The fraction of sp³-hybridized carbons (Fsp3) is 0.150. The molecule has 0 bridgehead atoms. The molecule has 0 spiro atoms. The molecule has 4 nitrogen and oxygen atoms in total. The summed E-state index contributed by atoms with van der Waals surface area (Å²) in [6.45, 7) is 1.94. The van der Waals surface area contributed by atoms with Gasteiger partial charge in [-0.05, 0) is 36.2 Å². The van der Waals surface area contributed by atoms with Crippen molar-refractivity contribution in [2.75, 3.05) is 7.11 Å². The maximum atomic E-state index is 9.94. The molecule has 2 heterocycles. The van der Waals surface area contributed by atoms with Crippen LogP contribution >= 0.6 is 11.3 Å². The number of fused-ring (bicyclic) bond motifs is 1. The summed E-state index contributed by atoms with van der Waals surface area (Å²) in [7, 11) is 1.67. The van der Waals surface area contributed by atoms with E-state index in [1.54, 1.807) is 18.4 Å². The standard InChI is InChI=1S/C20H18N2O2S/c1-13-10-15(8-9-17(13)24-2)19-16(12-23)22-11-18(25-20(22)21-19)14-6-4-3-5-7-14/h3-11,23H,12H2,1-2H3. The number of aryl methyl sites for hydroxylation is 1. The minimum atomic E-state index is -0.0630. The number of thiazole rings is 1. The Morgan fingerprint density at radius 3 is 2.60 bits per heavy atom. The number of aliphatic hydroxyl groups is 1. The molecular formula is C20H18N2O2S. The molecule has 0 unspecified atom stereocenters. The summed E-state index contributed by atoms with van der Waals surface area (Å²) in [5.74, 6) is 0.849. The van der Waals surface area contributed by atoms with Crippen LogP contribution in [0.2, 0.25) is 0 Å². The van der Waals surface area contributed by atoms with Crippen molar-refractivity contribution in [1.29, 1.82) is 0 Å². The zero-order valence-electron chi connectivity index (χ0n) is 14.1. The first kappa shape index (κ1) is 15.9. The lowest BCUT2D eigenvalue weighted by Crippen LogP contribution is -1.93. The van der Waals surface area contributed by atoms with Crippen LogP contribution in [0.4, 0.5) is 0 Å². The molecule has 0 aliphatic heterocycles. The quantitative estimate of drug-likeness (QED) is 0.588. The van der Waals surface area contributed by atoms with Crippen molar-refractivity contribution >= 4 is 16.3 Å². The van der Waals surface area contributed by atoms with E-state index in [4.69, 9.17) is 9.72 Å². The van der Waals surface area contributed by atoms with E-state index in [0.717, 1.165) is 43.7 Å². The Hall–Kier alpha value is -2.63. The summed E-state index contributed by atoms with van der Waals surface area (Å²) in [6, 6.07) is 16.2. The molecular weight excluding hydrogens is 332 g/mol. The Bertz CT molecular complexity index is 1030. The minimum Gasteiger partial charge on any atom is -0.496 e. The van der Waals surface area contributed by atoms with Gasteiger partial charge in [-0.1, -0.05) is 41.7 Å². The molecule has 0 atom stereocenters. The number of rotatable bonds is 4. The summed E-state index contributed by atoms with van der Waals surface area (Å²) in [5, 5.41) is 9.94. The zero-order valence-corrected chi connectivity index (χ0v) is 14.9. The molecule has 0 radical (unpaired) electrons. The van der Waals surface area contributed by atoms with Crippen molar-refractivity contribution in [3.8, 4) is 27.4 Å². The van der Waals surface area contributed by atoms with Gasteiger partial charge in [0.15, 0.2) is 4.96 Å². The van der Waals surface area contributed by atoms with E-state index in [0.29, 0.717) is 0 Å². The fourth-order valence-electron chi connectivity index (χ4n) is 3.03. The molecule has 0 saturated carbocycles. The first-order valence-electron chi connectivity index (χ1n) is 8.03. The second-order valence-electron chi connectivity index (χ2n) is 5.86. The molecule has 0 fully saturated rings. The van der Waals surface area contributed by atoms with Crippen LogP contribution in [0.5, 0.6) is 5.75 Å². The van der Waals surface area contributed by atoms with Crippen molar-refractivity contribution in [2.24, 2.45) is 0 Å². The Balaban J connectivity index is 1.83. The summed E-state index contributed by atoms with van der Waals surface area (Å²) in [4.78, 5) is 6.79. The normalized spacial score (nSPS) is 11.2.